The van der Waals surface area contributed by atoms with Crippen molar-refractivity contribution in [3.8, 4) is 0 Å². The quantitative estimate of drug-likeness (QED) is 0.385. The maximum Gasteiger partial charge on any atom is 0.390 e. The van der Waals surface area contributed by atoms with E-state index in [-0.39, 0.29) is 30.5 Å². The van der Waals surface area contributed by atoms with Crippen LogP contribution in [0.15, 0.2) is 4.99 Å². The molecular formula is C15H28F3IN4O. The molecule has 2 aliphatic heterocycles. The van der Waals surface area contributed by atoms with Crippen LogP contribution in [-0.4, -0.2) is 81.0 Å². The van der Waals surface area contributed by atoms with Crippen molar-refractivity contribution in [3.63, 3.8) is 0 Å². The molecule has 0 saturated carbocycles. The number of halogens is 4. The standard InChI is InChI=1S/C15H27F3N4O.HI/c1-2-19-14(20-5-4-15(16,17)18)22-6-3-13(12-22)11-21-7-9-23-10-8-21;/h13H,2-12H2,1H3,(H,19,20);1H. The van der Waals surface area contributed by atoms with Crippen molar-refractivity contribution in [1.29, 1.82) is 0 Å². The van der Waals surface area contributed by atoms with Gasteiger partial charge in [0.05, 0.1) is 26.2 Å². The molecule has 0 aromatic heterocycles. The molecule has 5 nitrogen and oxygen atoms in total. The number of guanidine groups is 1. The van der Waals surface area contributed by atoms with Gasteiger partial charge in [0, 0.05) is 39.3 Å². The van der Waals surface area contributed by atoms with E-state index in [4.69, 9.17) is 4.74 Å². The first kappa shape index (κ1) is 21.8. The lowest BCUT2D eigenvalue weighted by Gasteiger charge is -2.29. The van der Waals surface area contributed by atoms with E-state index in [9.17, 15) is 13.2 Å². The van der Waals surface area contributed by atoms with Gasteiger partial charge < -0.3 is 15.0 Å². The highest BCUT2D eigenvalue weighted by Crippen LogP contribution is 2.20. The van der Waals surface area contributed by atoms with Gasteiger partial charge in [-0.05, 0) is 19.3 Å². The third kappa shape index (κ3) is 7.73. The summed E-state index contributed by atoms with van der Waals surface area (Å²) in [6.45, 7) is 8.64. The molecule has 2 rings (SSSR count). The van der Waals surface area contributed by atoms with Crippen LogP contribution in [0.4, 0.5) is 13.2 Å². The average molecular weight is 464 g/mol. The fraction of sp³-hybridized carbons (Fsp3) is 0.933. The molecule has 0 aliphatic carbocycles. The molecule has 0 aromatic rings. The Hall–Kier alpha value is -0.290. The molecule has 0 radical (unpaired) electrons. The van der Waals surface area contributed by atoms with Crippen molar-refractivity contribution in [3.05, 3.63) is 0 Å². The molecule has 1 unspecified atom stereocenters. The molecule has 2 saturated heterocycles. The minimum absolute atomic E-state index is 0. The van der Waals surface area contributed by atoms with Crippen molar-refractivity contribution in [2.24, 2.45) is 10.9 Å². The number of nitrogens with one attached hydrogen (secondary N) is 1. The summed E-state index contributed by atoms with van der Waals surface area (Å²) in [5.41, 5.74) is 0. The van der Waals surface area contributed by atoms with Crippen molar-refractivity contribution in [2.75, 3.05) is 59.0 Å². The zero-order valence-electron chi connectivity index (χ0n) is 14.1. The molecule has 2 fully saturated rings. The smallest absolute Gasteiger partial charge is 0.379 e. The number of aliphatic imine (C=N–C) groups is 1. The van der Waals surface area contributed by atoms with Crippen molar-refractivity contribution < 1.29 is 17.9 Å². The lowest BCUT2D eigenvalue weighted by Crippen LogP contribution is -2.42. The van der Waals surface area contributed by atoms with Crippen molar-refractivity contribution in [1.82, 2.24) is 15.1 Å². The van der Waals surface area contributed by atoms with Crippen LogP contribution < -0.4 is 5.32 Å². The molecule has 1 atom stereocenters. The number of hydrogen-bond donors (Lipinski definition) is 1. The zero-order valence-corrected chi connectivity index (χ0v) is 16.5. The predicted octanol–water partition coefficient (Wildman–Crippen LogP) is 2.18. The van der Waals surface area contributed by atoms with Crippen LogP contribution in [-0.2, 0) is 4.74 Å². The maximum absolute atomic E-state index is 12.3. The number of rotatable bonds is 5. The molecule has 0 amide bonds. The Morgan fingerprint density at radius 2 is 1.96 bits per heavy atom. The average Bonchev–Trinajstić information content (AvgIpc) is 2.94. The Morgan fingerprint density at radius 3 is 2.58 bits per heavy atom. The summed E-state index contributed by atoms with van der Waals surface area (Å²) in [5.74, 6) is 1.15. The fourth-order valence-corrected chi connectivity index (χ4v) is 3.04. The molecular weight excluding hydrogens is 436 g/mol. The number of ether oxygens (including phenoxy) is 1. The Kier molecular flexibility index (Phi) is 9.65. The first-order chi connectivity index (χ1) is 11.0. The predicted molar refractivity (Wildman–Crippen MR) is 99.0 cm³/mol. The minimum atomic E-state index is -4.15. The Morgan fingerprint density at radius 1 is 1.25 bits per heavy atom. The summed E-state index contributed by atoms with van der Waals surface area (Å²) in [6.07, 6.45) is -3.96. The zero-order chi connectivity index (χ0) is 16.7. The third-order valence-electron chi connectivity index (χ3n) is 4.20. The number of hydrogen-bond acceptors (Lipinski definition) is 3. The number of morpholine rings is 1. The first-order valence-corrected chi connectivity index (χ1v) is 8.38. The fourth-order valence-electron chi connectivity index (χ4n) is 3.04. The van der Waals surface area contributed by atoms with Gasteiger partial charge in [0.15, 0.2) is 5.96 Å². The molecule has 142 valence electrons. The first-order valence-electron chi connectivity index (χ1n) is 8.38. The van der Waals surface area contributed by atoms with Crippen LogP contribution in [0.2, 0.25) is 0 Å². The highest BCUT2D eigenvalue weighted by atomic mass is 127. The van der Waals surface area contributed by atoms with Crippen molar-refractivity contribution in [2.45, 2.75) is 25.9 Å². The van der Waals surface area contributed by atoms with Gasteiger partial charge >= 0.3 is 6.18 Å². The molecule has 2 aliphatic rings. The molecule has 0 bridgehead atoms. The summed E-state index contributed by atoms with van der Waals surface area (Å²) in [6, 6.07) is 0. The molecule has 0 spiro atoms. The summed E-state index contributed by atoms with van der Waals surface area (Å²) in [7, 11) is 0. The Labute approximate surface area is 159 Å². The van der Waals surface area contributed by atoms with Crippen LogP contribution in [0.5, 0.6) is 0 Å². The van der Waals surface area contributed by atoms with Crippen molar-refractivity contribution >= 4 is 29.9 Å². The highest BCUT2D eigenvalue weighted by molar-refractivity contribution is 14.0. The van der Waals surface area contributed by atoms with E-state index < -0.39 is 12.6 Å². The second kappa shape index (κ2) is 10.6. The molecule has 9 heteroatoms. The maximum atomic E-state index is 12.3. The van der Waals surface area contributed by atoms with Gasteiger partial charge in [0.1, 0.15) is 0 Å². The normalized spacial score (nSPS) is 23.2. The molecule has 0 aromatic carbocycles. The van der Waals surface area contributed by atoms with Gasteiger partial charge in [-0.15, -0.1) is 24.0 Å². The number of alkyl halides is 3. The van der Waals surface area contributed by atoms with Gasteiger partial charge in [0.2, 0.25) is 0 Å². The van der Waals surface area contributed by atoms with Crippen LogP contribution in [0.1, 0.15) is 19.8 Å². The van der Waals surface area contributed by atoms with Gasteiger partial charge in [0.25, 0.3) is 0 Å². The second-order valence-corrected chi connectivity index (χ2v) is 6.11. The SMILES string of the molecule is CCNC(=NCCC(F)(F)F)N1CCC(CN2CCOCC2)C1.I. The largest absolute Gasteiger partial charge is 0.390 e. The van der Waals surface area contributed by atoms with Gasteiger partial charge in [-0.2, -0.15) is 13.2 Å². The summed E-state index contributed by atoms with van der Waals surface area (Å²) < 4.78 is 42.2. The van der Waals surface area contributed by atoms with E-state index in [0.29, 0.717) is 18.4 Å². The molecule has 2 heterocycles. The lowest BCUT2D eigenvalue weighted by molar-refractivity contribution is -0.132. The Balaban J connectivity index is 0.00000288. The van der Waals surface area contributed by atoms with E-state index in [1.165, 1.54) is 0 Å². The lowest BCUT2D eigenvalue weighted by atomic mass is 10.1. The summed E-state index contributed by atoms with van der Waals surface area (Å²) >= 11 is 0. The van der Waals surface area contributed by atoms with E-state index >= 15 is 0 Å². The van der Waals surface area contributed by atoms with Crippen LogP contribution in [0.3, 0.4) is 0 Å². The van der Waals surface area contributed by atoms with E-state index in [1.807, 2.05) is 6.92 Å². The topological polar surface area (TPSA) is 40.1 Å². The third-order valence-corrected chi connectivity index (χ3v) is 4.20. The molecule has 1 N–H and O–H groups in total. The van der Waals surface area contributed by atoms with Gasteiger partial charge in [-0.1, -0.05) is 0 Å². The second-order valence-electron chi connectivity index (χ2n) is 6.11. The van der Waals surface area contributed by atoms with E-state index in [2.05, 4.69) is 20.1 Å². The number of likely N-dealkylation sites (tertiary alicyclic amines) is 1. The van der Waals surface area contributed by atoms with Crippen LogP contribution in [0, 0.1) is 5.92 Å². The van der Waals surface area contributed by atoms with E-state index in [1.54, 1.807) is 0 Å². The van der Waals surface area contributed by atoms with Crippen LogP contribution >= 0.6 is 24.0 Å². The molecule has 24 heavy (non-hydrogen) atoms. The highest BCUT2D eigenvalue weighted by Gasteiger charge is 2.28. The monoisotopic (exact) mass is 464 g/mol. The minimum Gasteiger partial charge on any atom is -0.379 e. The van der Waals surface area contributed by atoms with Gasteiger partial charge in [-0.25, -0.2) is 0 Å². The number of nitrogens with zero attached hydrogens (tertiary/aromatic N) is 3. The van der Waals surface area contributed by atoms with Crippen LogP contribution in [0.25, 0.3) is 0 Å². The van der Waals surface area contributed by atoms with E-state index in [0.717, 1.165) is 52.4 Å². The Bertz CT molecular complexity index is 389. The van der Waals surface area contributed by atoms with Gasteiger partial charge in [-0.3, -0.25) is 9.89 Å². The summed E-state index contributed by atoms with van der Waals surface area (Å²) in [5, 5.41) is 3.11. The summed E-state index contributed by atoms with van der Waals surface area (Å²) in [4.78, 5) is 8.64.